The number of hydrogen-bond acceptors (Lipinski definition) is 3. The van der Waals surface area contributed by atoms with Crippen molar-refractivity contribution in [1.82, 2.24) is 0 Å². The molecule has 0 aliphatic heterocycles. The first kappa shape index (κ1) is 15.2. The van der Waals surface area contributed by atoms with E-state index < -0.39 is 21.6 Å². The fourth-order valence-corrected chi connectivity index (χ4v) is 2.06. The number of halogens is 1. The van der Waals surface area contributed by atoms with Crippen LogP contribution in [-0.2, 0) is 14.6 Å². The Labute approximate surface area is 125 Å². The first-order chi connectivity index (χ1) is 6.42. The molecule has 1 aromatic carbocycles. The van der Waals surface area contributed by atoms with Crippen LogP contribution in [0, 0.1) is 0 Å². The van der Waals surface area contributed by atoms with Crippen LogP contribution in [0.25, 0.3) is 0 Å². The maximum absolute atomic E-state index is 11.3. The molecule has 0 aromatic heterocycles. The molecule has 0 bridgehead atoms. The fourth-order valence-electron chi connectivity index (χ4n) is 0.888. The zero-order valence-corrected chi connectivity index (χ0v) is 11.5. The summed E-state index contributed by atoms with van der Waals surface area (Å²) in [5, 5.41) is 8.76. The van der Waals surface area contributed by atoms with E-state index in [0.717, 1.165) is 0 Å². The maximum atomic E-state index is 11.3. The number of hydrogen-bond donors (Lipinski definition) is 1. The van der Waals surface area contributed by atoms with Gasteiger partial charge in [-0.15, -0.1) is 0 Å². The maximum Gasteiger partial charge on any atom is 2.00 e. The molecule has 0 amide bonds. The van der Waals surface area contributed by atoms with Crippen LogP contribution in [0.1, 0.15) is 2.85 Å². The summed E-state index contributed by atoms with van der Waals surface area (Å²) in [6.45, 7) is 0. The number of carbonyl (C=O) groups is 1. The summed E-state index contributed by atoms with van der Waals surface area (Å²) in [5.74, 6) is -2.28. The minimum atomic E-state index is -3.73. The second-order valence-corrected chi connectivity index (χ2v) is 5.03. The predicted octanol–water partition coefficient (Wildman–Crippen LogP) is 1.04. The summed E-state index contributed by atoms with van der Waals surface area (Å²) in [6, 6.07) is 5.35. The SMILES string of the molecule is O=C(O)CS(=O)(=O)c1ccc(Cl)cc1.[Ca+2].[H-].[H-]. The van der Waals surface area contributed by atoms with Crippen molar-refractivity contribution in [3.05, 3.63) is 29.3 Å². The molecule has 0 spiro atoms. The normalized spacial score (nSPS) is 10.5. The van der Waals surface area contributed by atoms with E-state index in [2.05, 4.69) is 0 Å². The second kappa shape index (κ2) is 6.06. The molecule has 0 fully saturated rings. The van der Waals surface area contributed by atoms with Gasteiger partial charge < -0.3 is 7.96 Å². The van der Waals surface area contributed by atoms with Crippen LogP contribution >= 0.6 is 11.6 Å². The number of aliphatic carboxylic acids is 1. The Balaban J connectivity index is -0.000000653. The van der Waals surface area contributed by atoms with E-state index in [4.69, 9.17) is 16.7 Å². The zero-order valence-electron chi connectivity index (χ0n) is 9.68. The van der Waals surface area contributed by atoms with Crippen LogP contribution in [-0.4, -0.2) is 63.0 Å². The molecule has 1 N–H and O–H groups in total. The molecular weight excluding hydrogens is 268 g/mol. The van der Waals surface area contributed by atoms with Gasteiger partial charge in [-0.25, -0.2) is 8.42 Å². The summed E-state index contributed by atoms with van der Waals surface area (Å²) < 4.78 is 22.7. The smallest absolute Gasteiger partial charge is 1.00 e. The number of carboxylic acid groups (broad SMARTS) is 1. The fraction of sp³-hybridized carbons (Fsp3) is 0.125. The summed E-state index contributed by atoms with van der Waals surface area (Å²) in [4.78, 5) is 10.2. The zero-order chi connectivity index (χ0) is 10.8. The first-order valence-electron chi connectivity index (χ1n) is 3.62. The molecule has 0 heterocycles. The van der Waals surface area contributed by atoms with Crippen LogP contribution in [0.5, 0.6) is 0 Å². The Morgan fingerprint density at radius 2 is 1.80 bits per heavy atom. The van der Waals surface area contributed by atoms with Gasteiger partial charge >= 0.3 is 43.7 Å². The third-order valence-corrected chi connectivity index (χ3v) is 3.36. The van der Waals surface area contributed by atoms with E-state index in [0.29, 0.717) is 5.02 Å². The largest absolute Gasteiger partial charge is 2.00 e. The molecule has 0 aliphatic rings. The second-order valence-electron chi connectivity index (χ2n) is 2.61. The Bertz CT molecular complexity index is 449. The van der Waals surface area contributed by atoms with Crippen LogP contribution < -0.4 is 0 Å². The summed E-state index contributed by atoms with van der Waals surface area (Å²) in [7, 11) is -3.73. The molecule has 0 atom stereocenters. The van der Waals surface area contributed by atoms with Gasteiger partial charge in [-0.1, -0.05) is 11.6 Å². The Morgan fingerprint density at radius 3 is 2.20 bits per heavy atom. The molecule has 0 radical (unpaired) electrons. The number of carboxylic acids is 1. The van der Waals surface area contributed by atoms with Crippen molar-refractivity contribution in [3.8, 4) is 0 Å². The number of sulfone groups is 1. The van der Waals surface area contributed by atoms with E-state index in [-0.39, 0.29) is 45.5 Å². The minimum absolute atomic E-state index is 0. The molecule has 7 heteroatoms. The van der Waals surface area contributed by atoms with Crippen molar-refractivity contribution >= 4 is 65.1 Å². The van der Waals surface area contributed by atoms with Crippen molar-refractivity contribution < 1.29 is 21.2 Å². The number of benzene rings is 1. The summed E-state index contributed by atoms with van der Waals surface area (Å²) in [5.41, 5.74) is 0. The van der Waals surface area contributed by atoms with E-state index in [1.54, 1.807) is 0 Å². The van der Waals surface area contributed by atoms with Crippen molar-refractivity contribution in [1.29, 1.82) is 0 Å². The average Bonchev–Trinajstić information content (AvgIpc) is 2.02. The van der Waals surface area contributed by atoms with Gasteiger partial charge in [-0.3, -0.25) is 4.79 Å². The minimum Gasteiger partial charge on any atom is -1.00 e. The molecule has 0 unspecified atom stereocenters. The topological polar surface area (TPSA) is 71.4 Å². The van der Waals surface area contributed by atoms with Gasteiger partial charge in [-0.05, 0) is 24.3 Å². The Morgan fingerprint density at radius 1 is 1.33 bits per heavy atom. The van der Waals surface area contributed by atoms with Gasteiger partial charge in [0.05, 0.1) is 4.90 Å². The molecule has 1 aromatic rings. The van der Waals surface area contributed by atoms with Gasteiger partial charge in [0.15, 0.2) is 15.6 Å². The molecule has 1 rings (SSSR count). The van der Waals surface area contributed by atoms with Crippen LogP contribution in [0.2, 0.25) is 5.02 Å². The summed E-state index contributed by atoms with van der Waals surface area (Å²) in [6.07, 6.45) is 0. The van der Waals surface area contributed by atoms with Gasteiger partial charge in [0, 0.05) is 5.02 Å². The monoisotopic (exact) mass is 276 g/mol. The van der Waals surface area contributed by atoms with E-state index in [1.807, 2.05) is 0 Å². The van der Waals surface area contributed by atoms with Gasteiger partial charge in [0.2, 0.25) is 0 Å². The van der Waals surface area contributed by atoms with Crippen LogP contribution in [0.3, 0.4) is 0 Å². The van der Waals surface area contributed by atoms with E-state index in [9.17, 15) is 13.2 Å². The van der Waals surface area contributed by atoms with Gasteiger partial charge in [0.25, 0.3) is 0 Å². The van der Waals surface area contributed by atoms with Crippen molar-refractivity contribution in [2.75, 3.05) is 5.75 Å². The van der Waals surface area contributed by atoms with Crippen molar-refractivity contribution in [2.24, 2.45) is 0 Å². The van der Waals surface area contributed by atoms with Crippen molar-refractivity contribution in [2.45, 2.75) is 4.90 Å². The van der Waals surface area contributed by atoms with E-state index >= 15 is 0 Å². The molecule has 4 nitrogen and oxygen atoms in total. The van der Waals surface area contributed by atoms with Gasteiger partial charge in [0.1, 0.15) is 0 Å². The first-order valence-corrected chi connectivity index (χ1v) is 5.65. The third kappa shape index (κ3) is 4.70. The van der Waals surface area contributed by atoms with Crippen LogP contribution in [0.4, 0.5) is 0 Å². The van der Waals surface area contributed by atoms with Crippen LogP contribution in [0.15, 0.2) is 29.2 Å². The summed E-state index contributed by atoms with van der Waals surface area (Å²) >= 11 is 5.56. The molecule has 0 saturated carbocycles. The Hall–Kier alpha value is 0.190. The molecule has 0 saturated heterocycles. The molecule has 15 heavy (non-hydrogen) atoms. The standard InChI is InChI=1S/C8H7ClO4S.Ca.2H/c9-6-1-3-7(4-2-6)14(12,13)5-8(10)11;;;/h1-4H,5H2,(H,10,11);;;/q;+2;2*-1. The quantitative estimate of drug-likeness (QED) is 0.838. The Kier molecular flexibility index (Phi) is 6.13. The molecular formula is C8H9CaClO4S. The van der Waals surface area contributed by atoms with Crippen molar-refractivity contribution in [3.63, 3.8) is 0 Å². The third-order valence-electron chi connectivity index (χ3n) is 1.49. The average molecular weight is 277 g/mol. The molecule has 0 aliphatic carbocycles. The van der Waals surface area contributed by atoms with E-state index in [1.165, 1.54) is 24.3 Å². The van der Waals surface area contributed by atoms with Gasteiger partial charge in [-0.2, -0.15) is 0 Å². The molecule has 80 valence electrons. The predicted molar refractivity (Wildman–Crippen MR) is 59.1 cm³/mol. The number of rotatable bonds is 3.